The molecule has 0 heterocycles. The Morgan fingerprint density at radius 2 is 2.20 bits per heavy atom. The number of halogens is 1. The van der Waals surface area contributed by atoms with Crippen molar-refractivity contribution in [2.45, 2.75) is 11.4 Å². The van der Waals surface area contributed by atoms with Crippen LogP contribution in [0.25, 0.3) is 0 Å². The smallest absolute Gasteiger partial charge is 0.243 e. The van der Waals surface area contributed by atoms with Gasteiger partial charge in [0, 0.05) is 19.6 Å². The van der Waals surface area contributed by atoms with Gasteiger partial charge in [-0.2, -0.15) is 4.31 Å². The Hall–Kier alpha value is -1.28. The van der Waals surface area contributed by atoms with Crippen molar-refractivity contribution < 1.29 is 17.9 Å². The zero-order valence-electron chi connectivity index (χ0n) is 11.3. The van der Waals surface area contributed by atoms with Gasteiger partial charge >= 0.3 is 0 Å². The number of aliphatic hydroxyl groups is 1. The molecule has 0 bridgehead atoms. The Labute approximate surface area is 118 Å². The second-order valence-corrected chi connectivity index (χ2v) is 6.06. The van der Waals surface area contributed by atoms with Crippen molar-refractivity contribution in [1.82, 2.24) is 9.62 Å². The van der Waals surface area contributed by atoms with Gasteiger partial charge in [0.05, 0.1) is 11.5 Å². The SMILES string of the molecule is C=CCN(CCO)S(=O)(=O)c1cc(F)ccc1CNC. The molecular formula is C13H19FN2O3S. The van der Waals surface area contributed by atoms with Gasteiger partial charge in [-0.3, -0.25) is 0 Å². The van der Waals surface area contributed by atoms with E-state index in [-0.39, 0.29) is 24.6 Å². The topological polar surface area (TPSA) is 69.6 Å². The van der Waals surface area contributed by atoms with Crippen molar-refractivity contribution >= 4 is 10.0 Å². The fourth-order valence-electron chi connectivity index (χ4n) is 1.81. The van der Waals surface area contributed by atoms with E-state index in [1.807, 2.05) is 0 Å². The molecule has 0 saturated carbocycles. The zero-order valence-corrected chi connectivity index (χ0v) is 12.2. The molecule has 0 aliphatic rings. The molecule has 0 aliphatic carbocycles. The van der Waals surface area contributed by atoms with E-state index < -0.39 is 15.8 Å². The van der Waals surface area contributed by atoms with Gasteiger partial charge in [-0.15, -0.1) is 6.58 Å². The number of nitrogens with one attached hydrogen (secondary N) is 1. The highest BCUT2D eigenvalue weighted by Gasteiger charge is 2.26. The number of rotatable bonds is 8. The van der Waals surface area contributed by atoms with E-state index in [9.17, 15) is 12.8 Å². The molecule has 0 saturated heterocycles. The van der Waals surface area contributed by atoms with Crippen molar-refractivity contribution in [3.8, 4) is 0 Å². The summed E-state index contributed by atoms with van der Waals surface area (Å²) in [6.07, 6.45) is 1.42. The van der Waals surface area contributed by atoms with Crippen molar-refractivity contribution in [2.75, 3.05) is 26.7 Å². The molecule has 0 atom stereocenters. The van der Waals surface area contributed by atoms with Crippen LogP contribution in [0.4, 0.5) is 4.39 Å². The lowest BCUT2D eigenvalue weighted by molar-refractivity contribution is 0.260. The highest BCUT2D eigenvalue weighted by Crippen LogP contribution is 2.21. The minimum absolute atomic E-state index is 0.0540. The van der Waals surface area contributed by atoms with Gasteiger partial charge < -0.3 is 10.4 Å². The van der Waals surface area contributed by atoms with E-state index in [1.54, 1.807) is 7.05 Å². The molecule has 0 aliphatic heterocycles. The molecule has 1 aromatic carbocycles. The Morgan fingerprint density at radius 1 is 1.50 bits per heavy atom. The third-order valence-electron chi connectivity index (χ3n) is 2.70. The molecule has 0 aromatic heterocycles. The minimum Gasteiger partial charge on any atom is -0.395 e. The number of hydrogen-bond donors (Lipinski definition) is 2. The molecule has 0 spiro atoms. The van der Waals surface area contributed by atoms with Crippen LogP contribution in [0.5, 0.6) is 0 Å². The predicted molar refractivity (Wildman–Crippen MR) is 75.2 cm³/mol. The first kappa shape index (κ1) is 16.8. The van der Waals surface area contributed by atoms with Crippen LogP contribution in [0.3, 0.4) is 0 Å². The largest absolute Gasteiger partial charge is 0.395 e. The van der Waals surface area contributed by atoms with Crippen LogP contribution in [0.15, 0.2) is 35.7 Å². The molecule has 0 amide bonds. The molecule has 5 nitrogen and oxygen atoms in total. The summed E-state index contributed by atoms with van der Waals surface area (Å²) in [7, 11) is -2.20. The van der Waals surface area contributed by atoms with Crippen LogP contribution in [0, 0.1) is 5.82 Å². The maximum Gasteiger partial charge on any atom is 0.243 e. The summed E-state index contributed by atoms with van der Waals surface area (Å²) < 4.78 is 39.5. The molecule has 0 fully saturated rings. The summed E-state index contributed by atoms with van der Waals surface area (Å²) in [5, 5.41) is 11.8. The third kappa shape index (κ3) is 3.86. The number of sulfonamides is 1. The second-order valence-electron chi connectivity index (χ2n) is 4.16. The van der Waals surface area contributed by atoms with E-state index in [4.69, 9.17) is 5.11 Å². The van der Waals surface area contributed by atoms with Crippen molar-refractivity contribution in [3.05, 3.63) is 42.2 Å². The van der Waals surface area contributed by atoms with Gasteiger partial charge in [0.1, 0.15) is 5.82 Å². The molecule has 1 rings (SSSR count). The van der Waals surface area contributed by atoms with Gasteiger partial charge in [0.2, 0.25) is 10.0 Å². The maximum atomic E-state index is 13.4. The summed E-state index contributed by atoms with van der Waals surface area (Å²) in [5.74, 6) is -0.619. The Balaban J connectivity index is 3.30. The standard InChI is InChI=1S/C13H19FN2O3S/c1-3-6-16(7-8-17)20(18,19)13-9-12(14)5-4-11(13)10-15-2/h3-5,9,15,17H,1,6-8,10H2,2H3. The first-order valence-corrected chi connectivity index (χ1v) is 7.56. The molecule has 0 unspecified atom stereocenters. The molecule has 0 radical (unpaired) electrons. The Morgan fingerprint density at radius 3 is 2.75 bits per heavy atom. The molecule has 1 aromatic rings. The Kier molecular flexibility index (Phi) is 6.28. The lowest BCUT2D eigenvalue weighted by Gasteiger charge is -2.21. The number of aliphatic hydroxyl groups excluding tert-OH is 1. The van der Waals surface area contributed by atoms with Gasteiger partial charge in [-0.05, 0) is 24.7 Å². The van der Waals surface area contributed by atoms with E-state index in [0.29, 0.717) is 12.1 Å². The lowest BCUT2D eigenvalue weighted by atomic mass is 10.2. The first-order valence-electron chi connectivity index (χ1n) is 6.12. The average Bonchev–Trinajstić information content (AvgIpc) is 2.40. The fourth-order valence-corrected chi connectivity index (χ4v) is 3.44. The summed E-state index contributed by atoms with van der Waals surface area (Å²) >= 11 is 0. The number of benzene rings is 1. The zero-order chi connectivity index (χ0) is 15.2. The first-order chi connectivity index (χ1) is 9.47. The van der Waals surface area contributed by atoms with Gasteiger partial charge in [0.25, 0.3) is 0 Å². The van der Waals surface area contributed by atoms with Crippen molar-refractivity contribution in [2.24, 2.45) is 0 Å². The van der Waals surface area contributed by atoms with Crippen LogP contribution in [-0.2, 0) is 16.6 Å². The van der Waals surface area contributed by atoms with Crippen LogP contribution in [0.2, 0.25) is 0 Å². The van der Waals surface area contributed by atoms with Crippen LogP contribution in [-0.4, -0.2) is 44.6 Å². The van der Waals surface area contributed by atoms with Gasteiger partial charge in [0.15, 0.2) is 0 Å². The lowest BCUT2D eigenvalue weighted by Crippen LogP contribution is -2.34. The minimum atomic E-state index is -3.88. The van der Waals surface area contributed by atoms with Crippen LogP contribution < -0.4 is 5.32 Å². The molecule has 2 N–H and O–H groups in total. The third-order valence-corrected chi connectivity index (χ3v) is 4.64. The average molecular weight is 302 g/mol. The summed E-state index contributed by atoms with van der Waals surface area (Å²) in [6.45, 7) is 3.47. The van der Waals surface area contributed by atoms with E-state index in [1.165, 1.54) is 18.2 Å². The fraction of sp³-hybridized carbons (Fsp3) is 0.385. The Bertz CT molecular complexity index is 561. The monoisotopic (exact) mass is 302 g/mol. The predicted octanol–water partition coefficient (Wildman–Crippen LogP) is 0.714. The van der Waals surface area contributed by atoms with E-state index in [0.717, 1.165) is 10.4 Å². The molecule has 20 heavy (non-hydrogen) atoms. The quantitative estimate of drug-likeness (QED) is 0.694. The molecule has 7 heteroatoms. The normalized spacial score (nSPS) is 11.8. The van der Waals surface area contributed by atoms with Crippen LogP contribution in [0.1, 0.15) is 5.56 Å². The van der Waals surface area contributed by atoms with Gasteiger partial charge in [-0.25, -0.2) is 12.8 Å². The number of nitrogens with zero attached hydrogens (tertiary/aromatic N) is 1. The highest BCUT2D eigenvalue weighted by molar-refractivity contribution is 7.89. The number of hydrogen-bond acceptors (Lipinski definition) is 4. The van der Waals surface area contributed by atoms with E-state index >= 15 is 0 Å². The molecule has 112 valence electrons. The summed E-state index contributed by atoms with van der Waals surface area (Å²) in [6, 6.07) is 3.65. The summed E-state index contributed by atoms with van der Waals surface area (Å²) in [5.41, 5.74) is 0.473. The summed E-state index contributed by atoms with van der Waals surface area (Å²) in [4.78, 5) is -0.0952. The molecular weight excluding hydrogens is 283 g/mol. The van der Waals surface area contributed by atoms with E-state index in [2.05, 4.69) is 11.9 Å². The van der Waals surface area contributed by atoms with Crippen LogP contribution >= 0.6 is 0 Å². The maximum absolute atomic E-state index is 13.4. The van der Waals surface area contributed by atoms with Crippen molar-refractivity contribution in [3.63, 3.8) is 0 Å². The van der Waals surface area contributed by atoms with Gasteiger partial charge in [-0.1, -0.05) is 12.1 Å². The highest BCUT2D eigenvalue weighted by atomic mass is 32.2. The second kappa shape index (κ2) is 7.49. The van der Waals surface area contributed by atoms with Crippen molar-refractivity contribution in [1.29, 1.82) is 0 Å².